The number of carboxylic acid groups (broad SMARTS) is 1. The smallest absolute Gasteiger partial charge is 0.407 e. The fourth-order valence-electron chi connectivity index (χ4n) is 5.44. The number of nitrogens with two attached hydrogens (primary N) is 1. The van der Waals surface area contributed by atoms with Crippen molar-refractivity contribution in [3.8, 4) is 16.8 Å². The van der Waals surface area contributed by atoms with Gasteiger partial charge in [0.05, 0.1) is 0 Å². The van der Waals surface area contributed by atoms with Gasteiger partial charge in [-0.2, -0.15) is 5.10 Å². The summed E-state index contributed by atoms with van der Waals surface area (Å²) in [5.74, 6) is -1.74. The summed E-state index contributed by atoms with van der Waals surface area (Å²) in [7, 11) is 0. The second kappa shape index (κ2) is 11.0. The van der Waals surface area contributed by atoms with E-state index in [0.29, 0.717) is 42.7 Å². The number of piperidine rings is 1. The number of carbonyl (C=O) groups is 2. The standard InChI is InChI=1S/C30H25F2N7O4/c31-18-3-6-20(7-4-18)38-11-1-2-22(29(38)41)28(40)36-19-5-8-21(24(32)14-19)23-15-25(39-26(23)27(33)34-16-35-39)17-9-12-37(13-10-17)30(42)43/h1-8,11,14-17H,9-10,12-13H2,(H,36,40)(H,42,43)(H2,33,34,35). The Balaban J connectivity index is 1.29. The molecule has 1 aliphatic heterocycles. The molecule has 0 unspecified atom stereocenters. The minimum atomic E-state index is -0.967. The van der Waals surface area contributed by atoms with E-state index >= 15 is 4.39 Å². The van der Waals surface area contributed by atoms with Crippen LogP contribution in [0.1, 0.15) is 34.8 Å². The summed E-state index contributed by atoms with van der Waals surface area (Å²) in [5.41, 5.74) is 7.73. The van der Waals surface area contributed by atoms with Crippen molar-refractivity contribution >= 4 is 29.0 Å². The Morgan fingerprint density at radius 2 is 1.74 bits per heavy atom. The Bertz CT molecular complexity index is 1930. The second-order valence-corrected chi connectivity index (χ2v) is 10.2. The van der Waals surface area contributed by atoms with E-state index in [1.165, 1.54) is 70.5 Å². The van der Waals surface area contributed by atoms with Gasteiger partial charge in [0, 0.05) is 53.4 Å². The molecular weight excluding hydrogens is 560 g/mol. The minimum Gasteiger partial charge on any atom is -0.465 e. The zero-order valence-electron chi connectivity index (χ0n) is 22.6. The van der Waals surface area contributed by atoms with E-state index in [1.807, 2.05) is 0 Å². The minimum absolute atomic E-state index is 0.0300. The van der Waals surface area contributed by atoms with Crippen LogP contribution in [0.4, 0.5) is 25.1 Å². The second-order valence-electron chi connectivity index (χ2n) is 10.2. The van der Waals surface area contributed by atoms with Crippen molar-refractivity contribution in [1.29, 1.82) is 0 Å². The Morgan fingerprint density at radius 3 is 2.44 bits per heavy atom. The highest BCUT2D eigenvalue weighted by Crippen LogP contribution is 2.38. The van der Waals surface area contributed by atoms with E-state index in [1.54, 1.807) is 10.6 Å². The molecule has 0 atom stereocenters. The van der Waals surface area contributed by atoms with Crippen LogP contribution in [0.5, 0.6) is 0 Å². The van der Waals surface area contributed by atoms with Crippen LogP contribution in [0, 0.1) is 11.6 Å². The number of benzene rings is 2. The molecular formula is C30H25F2N7O4. The molecule has 4 heterocycles. The lowest BCUT2D eigenvalue weighted by molar-refractivity contribution is 0.102. The Morgan fingerprint density at radius 1 is 1.00 bits per heavy atom. The maximum absolute atomic E-state index is 15.6. The van der Waals surface area contributed by atoms with Gasteiger partial charge in [-0.15, -0.1) is 0 Å². The number of rotatable bonds is 5. The van der Waals surface area contributed by atoms with Crippen molar-refractivity contribution in [1.82, 2.24) is 24.1 Å². The number of aromatic nitrogens is 4. The molecule has 43 heavy (non-hydrogen) atoms. The summed E-state index contributed by atoms with van der Waals surface area (Å²) >= 11 is 0. The molecule has 4 N–H and O–H groups in total. The Hall–Kier alpha value is -5.59. The Labute approximate surface area is 242 Å². The molecule has 0 aliphatic carbocycles. The highest BCUT2D eigenvalue weighted by Gasteiger charge is 2.28. The quantitative estimate of drug-likeness (QED) is 0.275. The molecule has 0 radical (unpaired) electrons. The van der Waals surface area contributed by atoms with Crippen LogP contribution < -0.4 is 16.6 Å². The van der Waals surface area contributed by atoms with Gasteiger partial charge in [-0.3, -0.25) is 14.2 Å². The summed E-state index contributed by atoms with van der Waals surface area (Å²) in [6.07, 6.45) is 2.94. The van der Waals surface area contributed by atoms with Gasteiger partial charge in [-0.1, -0.05) is 0 Å². The third-order valence-electron chi connectivity index (χ3n) is 7.61. The third kappa shape index (κ3) is 5.16. The molecule has 5 aromatic rings. The number of carbonyl (C=O) groups excluding carboxylic acids is 1. The summed E-state index contributed by atoms with van der Waals surface area (Å²) < 4.78 is 31.8. The van der Waals surface area contributed by atoms with Gasteiger partial charge in [-0.25, -0.2) is 23.1 Å². The molecule has 1 fully saturated rings. The van der Waals surface area contributed by atoms with E-state index in [-0.39, 0.29) is 28.6 Å². The number of pyridine rings is 1. The summed E-state index contributed by atoms with van der Waals surface area (Å²) in [5, 5.41) is 16.2. The van der Waals surface area contributed by atoms with Gasteiger partial charge in [0.2, 0.25) is 0 Å². The van der Waals surface area contributed by atoms with Crippen LogP contribution in [0.15, 0.2) is 78.0 Å². The van der Waals surface area contributed by atoms with Crippen LogP contribution in [-0.2, 0) is 0 Å². The number of hydrogen-bond donors (Lipinski definition) is 3. The molecule has 0 saturated carbocycles. The predicted molar refractivity (Wildman–Crippen MR) is 154 cm³/mol. The normalized spacial score (nSPS) is 13.8. The first-order valence-electron chi connectivity index (χ1n) is 13.4. The van der Waals surface area contributed by atoms with Gasteiger partial charge in [-0.05, 0) is 73.5 Å². The van der Waals surface area contributed by atoms with Crippen molar-refractivity contribution in [3.63, 3.8) is 0 Å². The van der Waals surface area contributed by atoms with Crippen LogP contribution in [-0.4, -0.2) is 54.3 Å². The van der Waals surface area contributed by atoms with Gasteiger partial charge in [0.15, 0.2) is 5.82 Å². The van der Waals surface area contributed by atoms with Crippen molar-refractivity contribution in [2.45, 2.75) is 18.8 Å². The molecule has 3 aromatic heterocycles. The molecule has 13 heteroatoms. The highest BCUT2D eigenvalue weighted by molar-refractivity contribution is 6.04. The molecule has 1 aliphatic rings. The number of nitrogens with one attached hydrogen (secondary N) is 1. The number of amides is 2. The number of hydrogen-bond acceptors (Lipinski definition) is 6. The first kappa shape index (κ1) is 27.6. The topological polar surface area (TPSA) is 148 Å². The van der Waals surface area contributed by atoms with E-state index in [9.17, 15) is 23.9 Å². The molecule has 0 spiro atoms. The van der Waals surface area contributed by atoms with Crippen LogP contribution in [0.2, 0.25) is 0 Å². The monoisotopic (exact) mass is 585 g/mol. The van der Waals surface area contributed by atoms with E-state index in [0.717, 1.165) is 11.8 Å². The van der Waals surface area contributed by atoms with Gasteiger partial charge < -0.3 is 21.1 Å². The fourth-order valence-corrected chi connectivity index (χ4v) is 5.44. The maximum atomic E-state index is 15.6. The summed E-state index contributed by atoms with van der Waals surface area (Å²) in [6.45, 7) is 0.727. The Kier molecular flexibility index (Phi) is 7.06. The van der Waals surface area contributed by atoms with Crippen molar-refractivity contribution in [3.05, 3.63) is 106 Å². The SMILES string of the molecule is Nc1ncnn2c(C3CCN(C(=O)O)CC3)cc(-c3ccc(NC(=O)c4cccn(-c5ccc(F)cc5)c4=O)cc3F)c12. The molecule has 6 rings (SSSR count). The third-order valence-corrected chi connectivity index (χ3v) is 7.61. The van der Waals surface area contributed by atoms with Gasteiger partial charge >= 0.3 is 6.09 Å². The van der Waals surface area contributed by atoms with Crippen LogP contribution >= 0.6 is 0 Å². The van der Waals surface area contributed by atoms with Gasteiger partial charge in [0.1, 0.15) is 29.0 Å². The molecule has 218 valence electrons. The van der Waals surface area contributed by atoms with Crippen molar-refractivity contribution < 1.29 is 23.5 Å². The molecule has 2 amide bonds. The van der Waals surface area contributed by atoms with E-state index < -0.39 is 29.2 Å². The lowest BCUT2D eigenvalue weighted by Crippen LogP contribution is -2.37. The van der Waals surface area contributed by atoms with Crippen LogP contribution in [0.3, 0.4) is 0 Å². The largest absolute Gasteiger partial charge is 0.465 e. The average molecular weight is 586 g/mol. The highest BCUT2D eigenvalue weighted by atomic mass is 19.1. The fraction of sp³-hybridized carbons (Fsp3) is 0.167. The molecule has 0 bridgehead atoms. The number of anilines is 2. The number of halogens is 2. The number of nitrogens with zero attached hydrogens (tertiary/aromatic N) is 5. The number of fused-ring (bicyclic) bond motifs is 1. The van der Waals surface area contributed by atoms with E-state index in [4.69, 9.17) is 5.73 Å². The zero-order chi connectivity index (χ0) is 30.2. The number of nitrogen functional groups attached to an aromatic ring is 1. The zero-order valence-corrected chi connectivity index (χ0v) is 22.6. The van der Waals surface area contributed by atoms with Crippen molar-refractivity contribution in [2.75, 3.05) is 24.1 Å². The molecule has 2 aromatic carbocycles. The van der Waals surface area contributed by atoms with Crippen molar-refractivity contribution in [2.24, 2.45) is 0 Å². The number of likely N-dealkylation sites (tertiary alicyclic amines) is 1. The summed E-state index contributed by atoms with van der Waals surface area (Å²) in [6, 6.07) is 14.0. The first-order chi connectivity index (χ1) is 20.7. The first-order valence-corrected chi connectivity index (χ1v) is 13.4. The average Bonchev–Trinajstić information content (AvgIpc) is 3.38. The maximum Gasteiger partial charge on any atom is 0.407 e. The van der Waals surface area contributed by atoms with E-state index in [2.05, 4.69) is 15.4 Å². The van der Waals surface area contributed by atoms with Gasteiger partial charge in [0.25, 0.3) is 11.5 Å². The molecule has 1 saturated heterocycles. The summed E-state index contributed by atoms with van der Waals surface area (Å²) in [4.78, 5) is 42.8. The predicted octanol–water partition coefficient (Wildman–Crippen LogP) is 4.52. The lowest BCUT2D eigenvalue weighted by atomic mass is 9.93. The lowest BCUT2D eigenvalue weighted by Gasteiger charge is -2.29. The van der Waals surface area contributed by atoms with Crippen LogP contribution in [0.25, 0.3) is 22.3 Å². The molecule has 11 nitrogen and oxygen atoms in total.